The Balaban J connectivity index is 2.13. The zero-order valence-corrected chi connectivity index (χ0v) is 13.3. The van der Waals surface area contributed by atoms with E-state index in [9.17, 15) is 0 Å². The molecule has 2 rings (SSSR count). The quantitative estimate of drug-likeness (QED) is 0.872. The lowest BCUT2D eigenvalue weighted by atomic mass is 9.78. The molecule has 1 fully saturated rings. The molecule has 0 radical (unpaired) electrons. The second kappa shape index (κ2) is 7.12. The van der Waals surface area contributed by atoms with E-state index < -0.39 is 0 Å². The summed E-state index contributed by atoms with van der Waals surface area (Å²) in [7, 11) is 0. The first-order valence-electron chi connectivity index (χ1n) is 8.21. The highest BCUT2D eigenvalue weighted by Gasteiger charge is 2.28. The van der Waals surface area contributed by atoms with Crippen LogP contribution in [0.5, 0.6) is 0 Å². The molecule has 0 aromatic heterocycles. The third kappa shape index (κ3) is 3.54. The van der Waals surface area contributed by atoms with E-state index in [4.69, 9.17) is 5.73 Å². The molecular formula is C18H30N2. The van der Waals surface area contributed by atoms with Crippen molar-refractivity contribution in [2.75, 3.05) is 11.4 Å². The van der Waals surface area contributed by atoms with Crippen molar-refractivity contribution in [2.24, 2.45) is 17.6 Å². The Morgan fingerprint density at radius 3 is 2.35 bits per heavy atom. The lowest BCUT2D eigenvalue weighted by molar-refractivity contribution is 0.243. The molecular weight excluding hydrogens is 244 g/mol. The Bertz CT molecular complexity index is 398. The predicted molar refractivity (Wildman–Crippen MR) is 87.9 cm³/mol. The minimum absolute atomic E-state index is 0.631. The molecule has 1 aliphatic rings. The Kier molecular flexibility index (Phi) is 5.47. The minimum Gasteiger partial charge on any atom is -0.369 e. The topological polar surface area (TPSA) is 29.3 Å². The second-order valence-electron chi connectivity index (χ2n) is 6.49. The van der Waals surface area contributed by atoms with Crippen LogP contribution in [0.4, 0.5) is 5.69 Å². The number of anilines is 1. The predicted octanol–water partition coefficient (Wildman–Crippen LogP) is 4.19. The van der Waals surface area contributed by atoms with Crippen molar-refractivity contribution in [3.8, 4) is 0 Å². The van der Waals surface area contributed by atoms with Crippen LogP contribution >= 0.6 is 0 Å². The van der Waals surface area contributed by atoms with Gasteiger partial charge in [-0.2, -0.15) is 0 Å². The fourth-order valence-corrected chi connectivity index (χ4v) is 3.39. The number of nitrogens with two attached hydrogens (primary N) is 1. The summed E-state index contributed by atoms with van der Waals surface area (Å²) in [4.78, 5) is 2.63. The summed E-state index contributed by atoms with van der Waals surface area (Å²) in [5.74, 6) is 1.73. The van der Waals surface area contributed by atoms with E-state index in [1.807, 2.05) is 0 Å². The highest BCUT2D eigenvalue weighted by atomic mass is 15.2. The molecule has 1 aliphatic carbocycles. The minimum atomic E-state index is 0.631. The zero-order chi connectivity index (χ0) is 14.5. The molecule has 0 aliphatic heterocycles. The van der Waals surface area contributed by atoms with Gasteiger partial charge in [-0.3, -0.25) is 0 Å². The zero-order valence-electron chi connectivity index (χ0n) is 13.3. The summed E-state index contributed by atoms with van der Waals surface area (Å²) in [6, 6.07) is 9.56. The molecule has 0 amide bonds. The molecule has 20 heavy (non-hydrogen) atoms. The number of rotatable bonds is 5. The van der Waals surface area contributed by atoms with Crippen molar-refractivity contribution >= 4 is 5.69 Å². The molecule has 3 unspecified atom stereocenters. The van der Waals surface area contributed by atoms with Crippen LogP contribution in [0.2, 0.25) is 0 Å². The SMILES string of the molecule is CCCN(c1ccc(CN)cc1)C1CCC(C)C(C)C1. The van der Waals surface area contributed by atoms with Crippen molar-refractivity contribution in [3.05, 3.63) is 29.8 Å². The van der Waals surface area contributed by atoms with Crippen LogP contribution < -0.4 is 10.6 Å². The Morgan fingerprint density at radius 2 is 1.80 bits per heavy atom. The maximum Gasteiger partial charge on any atom is 0.0368 e. The molecule has 2 nitrogen and oxygen atoms in total. The van der Waals surface area contributed by atoms with Crippen LogP contribution in [0.15, 0.2) is 24.3 Å². The van der Waals surface area contributed by atoms with Gasteiger partial charge in [-0.15, -0.1) is 0 Å². The molecule has 2 heteroatoms. The molecule has 1 aromatic rings. The summed E-state index contributed by atoms with van der Waals surface area (Å²) in [6.07, 6.45) is 5.25. The van der Waals surface area contributed by atoms with Crippen LogP contribution in [0.3, 0.4) is 0 Å². The standard InChI is InChI=1S/C18H30N2/c1-4-11-20(17-9-6-16(13-19)7-10-17)18-8-5-14(2)15(3)12-18/h6-7,9-10,14-15,18H,4-5,8,11-13,19H2,1-3H3. The Morgan fingerprint density at radius 1 is 1.10 bits per heavy atom. The molecule has 0 bridgehead atoms. The maximum atomic E-state index is 5.70. The van der Waals surface area contributed by atoms with Gasteiger partial charge in [0.2, 0.25) is 0 Å². The van der Waals surface area contributed by atoms with E-state index in [1.165, 1.54) is 36.9 Å². The summed E-state index contributed by atoms with van der Waals surface area (Å²) >= 11 is 0. The smallest absolute Gasteiger partial charge is 0.0368 e. The van der Waals surface area contributed by atoms with E-state index >= 15 is 0 Å². The molecule has 2 N–H and O–H groups in total. The van der Waals surface area contributed by atoms with Gasteiger partial charge in [-0.05, 0) is 55.2 Å². The molecule has 112 valence electrons. The average Bonchev–Trinajstić information content (AvgIpc) is 2.48. The first-order chi connectivity index (χ1) is 9.65. The van der Waals surface area contributed by atoms with Crippen LogP contribution in [0, 0.1) is 11.8 Å². The van der Waals surface area contributed by atoms with E-state index in [2.05, 4.69) is 49.9 Å². The number of hydrogen-bond donors (Lipinski definition) is 1. The Labute approximate surface area is 124 Å². The van der Waals surface area contributed by atoms with Crippen molar-refractivity contribution in [1.82, 2.24) is 0 Å². The van der Waals surface area contributed by atoms with Gasteiger partial charge in [0.25, 0.3) is 0 Å². The summed E-state index contributed by atoms with van der Waals surface area (Å²) < 4.78 is 0. The van der Waals surface area contributed by atoms with Gasteiger partial charge in [-0.25, -0.2) is 0 Å². The van der Waals surface area contributed by atoms with Gasteiger partial charge in [0, 0.05) is 24.8 Å². The van der Waals surface area contributed by atoms with Crippen LogP contribution in [0.1, 0.15) is 52.0 Å². The van der Waals surface area contributed by atoms with Gasteiger partial charge in [0.05, 0.1) is 0 Å². The third-order valence-corrected chi connectivity index (χ3v) is 4.98. The van der Waals surface area contributed by atoms with Crippen LogP contribution in [0.25, 0.3) is 0 Å². The van der Waals surface area contributed by atoms with E-state index in [0.29, 0.717) is 12.6 Å². The number of benzene rings is 1. The lowest BCUT2D eigenvalue weighted by Gasteiger charge is -2.40. The monoisotopic (exact) mass is 274 g/mol. The highest BCUT2D eigenvalue weighted by molar-refractivity contribution is 5.48. The number of hydrogen-bond acceptors (Lipinski definition) is 2. The fraction of sp³-hybridized carbons (Fsp3) is 0.667. The van der Waals surface area contributed by atoms with Crippen molar-refractivity contribution in [2.45, 2.75) is 59.0 Å². The van der Waals surface area contributed by atoms with Crippen LogP contribution in [-0.2, 0) is 6.54 Å². The molecule has 0 spiro atoms. The van der Waals surface area contributed by atoms with Crippen LogP contribution in [-0.4, -0.2) is 12.6 Å². The van der Waals surface area contributed by atoms with E-state index in [1.54, 1.807) is 0 Å². The Hall–Kier alpha value is -1.02. The van der Waals surface area contributed by atoms with Gasteiger partial charge in [0.15, 0.2) is 0 Å². The summed E-state index contributed by atoms with van der Waals surface area (Å²) in [6.45, 7) is 8.88. The average molecular weight is 274 g/mol. The third-order valence-electron chi connectivity index (χ3n) is 4.98. The normalized spacial score (nSPS) is 26.5. The highest BCUT2D eigenvalue weighted by Crippen LogP contribution is 2.34. The largest absolute Gasteiger partial charge is 0.369 e. The van der Waals surface area contributed by atoms with Gasteiger partial charge < -0.3 is 10.6 Å². The maximum absolute atomic E-state index is 5.70. The van der Waals surface area contributed by atoms with Gasteiger partial charge in [-0.1, -0.05) is 32.9 Å². The molecule has 0 heterocycles. The molecule has 0 saturated heterocycles. The first-order valence-corrected chi connectivity index (χ1v) is 8.21. The lowest BCUT2D eigenvalue weighted by Crippen LogP contribution is -2.41. The molecule has 3 atom stereocenters. The fourth-order valence-electron chi connectivity index (χ4n) is 3.39. The van der Waals surface area contributed by atoms with Crippen molar-refractivity contribution in [3.63, 3.8) is 0 Å². The van der Waals surface area contributed by atoms with Crippen molar-refractivity contribution in [1.29, 1.82) is 0 Å². The summed E-state index contributed by atoms with van der Waals surface area (Å²) in [5.41, 5.74) is 8.29. The van der Waals surface area contributed by atoms with E-state index in [-0.39, 0.29) is 0 Å². The van der Waals surface area contributed by atoms with Gasteiger partial charge in [0.1, 0.15) is 0 Å². The van der Waals surface area contributed by atoms with Crippen molar-refractivity contribution < 1.29 is 0 Å². The second-order valence-corrected chi connectivity index (χ2v) is 6.49. The van der Waals surface area contributed by atoms with Gasteiger partial charge >= 0.3 is 0 Å². The molecule has 1 saturated carbocycles. The summed E-state index contributed by atoms with van der Waals surface area (Å²) in [5, 5.41) is 0. The van der Waals surface area contributed by atoms with E-state index in [0.717, 1.165) is 18.4 Å². The first kappa shape index (κ1) is 15.4. The number of nitrogens with zero attached hydrogens (tertiary/aromatic N) is 1. The molecule has 1 aromatic carbocycles.